The predicted molar refractivity (Wildman–Crippen MR) is 106 cm³/mol. The fourth-order valence-electron chi connectivity index (χ4n) is 2.71. The molecule has 26 heavy (non-hydrogen) atoms. The molecule has 0 radical (unpaired) electrons. The van der Waals surface area contributed by atoms with Gasteiger partial charge in [-0.25, -0.2) is 0 Å². The van der Waals surface area contributed by atoms with Gasteiger partial charge in [0.25, 0.3) is 5.91 Å². The molecular formula is C22H22N2O2. The van der Waals surface area contributed by atoms with E-state index in [2.05, 4.69) is 11.1 Å². The van der Waals surface area contributed by atoms with Crippen molar-refractivity contribution in [2.75, 3.05) is 18.6 Å². The minimum Gasteiger partial charge on any atom is -0.493 e. The molecule has 0 bridgehead atoms. The van der Waals surface area contributed by atoms with Crippen LogP contribution < -0.4 is 9.64 Å². The molecule has 1 amide bonds. The van der Waals surface area contributed by atoms with E-state index in [1.807, 2.05) is 67.6 Å². The molecular weight excluding hydrogens is 324 g/mol. The van der Waals surface area contributed by atoms with Gasteiger partial charge < -0.3 is 9.64 Å². The molecule has 4 heteroatoms. The van der Waals surface area contributed by atoms with Crippen molar-refractivity contribution in [2.45, 2.75) is 13.3 Å². The summed E-state index contributed by atoms with van der Waals surface area (Å²) in [6.07, 6.45) is 6.68. The molecule has 0 saturated heterocycles. The second kappa shape index (κ2) is 8.30. The molecule has 1 heterocycles. The molecule has 3 rings (SSSR count). The normalized spacial score (nSPS) is 11.0. The predicted octanol–water partition coefficient (Wildman–Crippen LogP) is 4.86. The van der Waals surface area contributed by atoms with Crippen LogP contribution in [0.2, 0.25) is 0 Å². The van der Waals surface area contributed by atoms with Crippen LogP contribution in [0.5, 0.6) is 5.75 Å². The summed E-state index contributed by atoms with van der Waals surface area (Å²) in [4.78, 5) is 18.8. The lowest BCUT2D eigenvalue weighted by Gasteiger charge is -2.18. The van der Waals surface area contributed by atoms with Crippen LogP contribution in [0, 0.1) is 0 Å². The smallest absolute Gasteiger partial charge is 0.258 e. The third kappa shape index (κ3) is 4.09. The highest BCUT2D eigenvalue weighted by molar-refractivity contribution is 6.07. The lowest BCUT2D eigenvalue weighted by atomic mass is 10.1. The van der Waals surface area contributed by atoms with Crippen molar-refractivity contribution in [1.29, 1.82) is 0 Å². The van der Waals surface area contributed by atoms with E-state index >= 15 is 0 Å². The lowest BCUT2D eigenvalue weighted by Crippen LogP contribution is -2.26. The summed E-state index contributed by atoms with van der Waals surface area (Å²) in [6, 6.07) is 17.0. The van der Waals surface area contributed by atoms with Crippen LogP contribution in [-0.4, -0.2) is 24.5 Å². The molecule has 0 aliphatic rings. The van der Waals surface area contributed by atoms with E-state index in [4.69, 9.17) is 4.74 Å². The minimum atomic E-state index is -0.0678. The molecule has 0 aliphatic carbocycles. The van der Waals surface area contributed by atoms with Crippen LogP contribution in [0.25, 0.3) is 10.9 Å². The Hall–Kier alpha value is -3.14. The maximum atomic E-state index is 12.9. The number of rotatable bonds is 6. The van der Waals surface area contributed by atoms with Crippen molar-refractivity contribution in [3.63, 3.8) is 0 Å². The summed E-state index contributed by atoms with van der Waals surface area (Å²) in [7, 11) is 1.77. The summed E-state index contributed by atoms with van der Waals surface area (Å²) in [5.74, 6) is 0.691. The summed E-state index contributed by atoms with van der Waals surface area (Å²) in [5.41, 5.74) is 2.31. The van der Waals surface area contributed by atoms with Crippen LogP contribution in [0.1, 0.15) is 23.7 Å². The third-order valence-corrected chi connectivity index (χ3v) is 4.15. The molecule has 132 valence electrons. The molecule has 0 N–H and O–H groups in total. The first-order chi connectivity index (χ1) is 12.7. The number of hydrogen-bond acceptors (Lipinski definition) is 3. The van der Waals surface area contributed by atoms with Crippen LogP contribution in [-0.2, 0) is 0 Å². The number of pyridine rings is 1. The second-order valence-corrected chi connectivity index (χ2v) is 5.98. The zero-order valence-corrected chi connectivity index (χ0v) is 15.1. The average Bonchev–Trinajstić information content (AvgIpc) is 2.70. The van der Waals surface area contributed by atoms with Gasteiger partial charge in [-0.05, 0) is 49.7 Å². The molecule has 0 saturated carbocycles. The second-order valence-electron chi connectivity index (χ2n) is 5.98. The number of amides is 1. The van der Waals surface area contributed by atoms with Gasteiger partial charge >= 0.3 is 0 Å². The highest BCUT2D eigenvalue weighted by Crippen LogP contribution is 2.23. The van der Waals surface area contributed by atoms with Crippen LogP contribution in [0.4, 0.5) is 5.69 Å². The summed E-state index contributed by atoms with van der Waals surface area (Å²) < 4.78 is 5.74. The molecule has 0 aliphatic heterocycles. The number of nitrogens with zero attached hydrogens (tertiary/aromatic N) is 2. The summed E-state index contributed by atoms with van der Waals surface area (Å²) >= 11 is 0. The number of anilines is 1. The van der Waals surface area contributed by atoms with E-state index < -0.39 is 0 Å². The first-order valence-electron chi connectivity index (χ1n) is 8.66. The van der Waals surface area contributed by atoms with E-state index in [1.54, 1.807) is 18.1 Å². The van der Waals surface area contributed by atoms with E-state index in [9.17, 15) is 4.79 Å². The SMILES string of the molecule is CC=CCCOc1cccc(N(C)C(=O)c2ccc3ncccc3c2)c1. The number of fused-ring (bicyclic) bond motifs is 1. The van der Waals surface area contributed by atoms with Crippen molar-refractivity contribution >= 4 is 22.5 Å². The third-order valence-electron chi connectivity index (χ3n) is 4.15. The van der Waals surface area contributed by atoms with Gasteiger partial charge in [0, 0.05) is 35.9 Å². The summed E-state index contributed by atoms with van der Waals surface area (Å²) in [6.45, 7) is 2.60. The Morgan fingerprint density at radius 3 is 2.88 bits per heavy atom. The first-order valence-corrected chi connectivity index (χ1v) is 8.66. The molecule has 4 nitrogen and oxygen atoms in total. The standard InChI is InChI=1S/C22H22N2O2/c1-3-4-5-14-26-20-10-6-9-19(16-20)24(2)22(25)18-11-12-21-17(15-18)8-7-13-23-21/h3-4,6-13,15-16H,5,14H2,1-2H3. The summed E-state index contributed by atoms with van der Waals surface area (Å²) in [5, 5.41) is 0.952. The first kappa shape index (κ1) is 17.7. The quantitative estimate of drug-likeness (QED) is 0.473. The fraction of sp³-hybridized carbons (Fsp3) is 0.182. The highest BCUT2D eigenvalue weighted by Gasteiger charge is 2.14. The Balaban J connectivity index is 1.76. The van der Waals surface area contributed by atoms with Crippen molar-refractivity contribution in [2.24, 2.45) is 0 Å². The molecule has 0 spiro atoms. The zero-order chi connectivity index (χ0) is 18.4. The monoisotopic (exact) mass is 346 g/mol. The Morgan fingerprint density at radius 2 is 2.04 bits per heavy atom. The van der Waals surface area contributed by atoms with Gasteiger partial charge in [-0.2, -0.15) is 0 Å². The van der Waals surface area contributed by atoms with Crippen molar-refractivity contribution in [3.05, 3.63) is 78.5 Å². The maximum Gasteiger partial charge on any atom is 0.258 e. The fourth-order valence-corrected chi connectivity index (χ4v) is 2.71. The molecule has 0 fully saturated rings. The van der Waals surface area contributed by atoms with Gasteiger partial charge in [-0.1, -0.05) is 24.3 Å². The van der Waals surface area contributed by atoms with Gasteiger partial charge in [-0.15, -0.1) is 0 Å². The largest absolute Gasteiger partial charge is 0.493 e. The van der Waals surface area contributed by atoms with Gasteiger partial charge in [0.15, 0.2) is 0 Å². The molecule has 3 aromatic rings. The van der Waals surface area contributed by atoms with E-state index in [-0.39, 0.29) is 5.91 Å². The number of allylic oxidation sites excluding steroid dienone is 1. The topological polar surface area (TPSA) is 42.4 Å². The molecule has 0 atom stereocenters. The number of hydrogen-bond donors (Lipinski definition) is 0. The Morgan fingerprint density at radius 1 is 1.15 bits per heavy atom. The van der Waals surface area contributed by atoms with Gasteiger partial charge in [0.1, 0.15) is 5.75 Å². The van der Waals surface area contributed by atoms with Crippen LogP contribution in [0.3, 0.4) is 0 Å². The van der Waals surface area contributed by atoms with E-state index in [0.29, 0.717) is 12.2 Å². The maximum absolute atomic E-state index is 12.9. The van der Waals surface area contributed by atoms with Crippen molar-refractivity contribution < 1.29 is 9.53 Å². The van der Waals surface area contributed by atoms with E-state index in [1.165, 1.54) is 0 Å². The Labute approximate surface area is 153 Å². The van der Waals surface area contributed by atoms with E-state index in [0.717, 1.165) is 28.8 Å². The number of carbonyl (C=O) groups excluding carboxylic acids is 1. The van der Waals surface area contributed by atoms with Gasteiger partial charge in [0.2, 0.25) is 0 Å². The minimum absolute atomic E-state index is 0.0678. The number of aromatic nitrogens is 1. The van der Waals surface area contributed by atoms with Gasteiger partial charge in [-0.3, -0.25) is 9.78 Å². The van der Waals surface area contributed by atoms with Gasteiger partial charge in [0.05, 0.1) is 12.1 Å². The lowest BCUT2D eigenvalue weighted by molar-refractivity contribution is 0.0993. The highest BCUT2D eigenvalue weighted by atomic mass is 16.5. The van der Waals surface area contributed by atoms with Crippen molar-refractivity contribution in [1.82, 2.24) is 4.98 Å². The van der Waals surface area contributed by atoms with Crippen LogP contribution >= 0.6 is 0 Å². The molecule has 0 unspecified atom stereocenters. The molecule has 1 aromatic heterocycles. The number of carbonyl (C=O) groups is 1. The zero-order valence-electron chi connectivity index (χ0n) is 15.1. The Kier molecular flexibility index (Phi) is 5.64. The van der Waals surface area contributed by atoms with Crippen LogP contribution in [0.15, 0.2) is 72.9 Å². The number of benzene rings is 2. The van der Waals surface area contributed by atoms with Crippen molar-refractivity contribution in [3.8, 4) is 5.75 Å². The molecule has 2 aromatic carbocycles. The number of ether oxygens (including phenoxy) is 1. The average molecular weight is 346 g/mol. The Bertz CT molecular complexity index is 934.